The van der Waals surface area contributed by atoms with Gasteiger partial charge < -0.3 is 31.3 Å². The van der Waals surface area contributed by atoms with Crippen molar-refractivity contribution in [2.75, 3.05) is 6.54 Å². The highest BCUT2D eigenvalue weighted by molar-refractivity contribution is 8.01. The van der Waals surface area contributed by atoms with E-state index in [-0.39, 0.29) is 28.9 Å². The van der Waals surface area contributed by atoms with Crippen LogP contribution in [-0.4, -0.2) is 81.3 Å². The second kappa shape index (κ2) is 15.4. The molecule has 3 aliphatic rings. The standard InChI is InChI=1S/C33H55N5O7S/c1-18(2)21-16-17-38(23(21)27(41)37-28(24(39)26(34)40)46-20-14-15-20)29(42)22(19-12-10-9-11-13-19)35-31(44)36-25(32(3,4)5)30(43)45-33(6,7)8/h18-23,25,28H,9-17H2,1-8H3,(H2,34,40)(H,37,41)(H2,35,36,44). The number of urea groups is 1. The van der Waals surface area contributed by atoms with Gasteiger partial charge >= 0.3 is 12.0 Å². The van der Waals surface area contributed by atoms with Crippen molar-refractivity contribution in [2.45, 2.75) is 141 Å². The third kappa shape index (κ3) is 10.3. The maximum Gasteiger partial charge on any atom is 0.329 e. The van der Waals surface area contributed by atoms with Gasteiger partial charge in [-0.2, -0.15) is 0 Å². The van der Waals surface area contributed by atoms with Gasteiger partial charge in [0.25, 0.3) is 11.7 Å². The summed E-state index contributed by atoms with van der Waals surface area (Å²) in [7, 11) is 0. The Hall–Kier alpha value is -2.83. The topological polar surface area (TPSA) is 177 Å². The predicted octanol–water partition coefficient (Wildman–Crippen LogP) is 3.26. The molecule has 5 N–H and O–H groups in total. The van der Waals surface area contributed by atoms with Gasteiger partial charge in [-0.3, -0.25) is 19.2 Å². The molecule has 1 aliphatic heterocycles. The first kappa shape index (κ1) is 37.6. The second-order valence-corrected chi connectivity index (χ2v) is 16.9. The van der Waals surface area contributed by atoms with Crippen molar-refractivity contribution in [3.05, 3.63) is 0 Å². The Bertz CT molecular complexity index is 1150. The Labute approximate surface area is 277 Å². The summed E-state index contributed by atoms with van der Waals surface area (Å²) in [6, 6.07) is -3.46. The number of nitrogens with zero attached hydrogens (tertiary/aromatic N) is 1. The van der Waals surface area contributed by atoms with E-state index in [1.54, 1.807) is 20.8 Å². The van der Waals surface area contributed by atoms with E-state index in [1.807, 2.05) is 34.6 Å². The number of ketones is 1. The Morgan fingerprint density at radius 2 is 1.46 bits per heavy atom. The molecule has 1 heterocycles. The molecular formula is C33H55N5O7S. The van der Waals surface area contributed by atoms with Crippen molar-refractivity contribution in [1.29, 1.82) is 0 Å². The average molecular weight is 666 g/mol. The summed E-state index contributed by atoms with van der Waals surface area (Å²) in [5, 5.41) is 7.45. The Balaban J connectivity index is 1.87. The number of Topliss-reactive ketones (excluding diaryl/α,β-unsaturated/α-hetero) is 1. The Kier molecular flexibility index (Phi) is 12.6. The first-order chi connectivity index (χ1) is 21.3. The normalized spacial score (nSPS) is 22.8. The molecular weight excluding hydrogens is 610 g/mol. The number of nitrogens with two attached hydrogens (primary N) is 1. The molecule has 0 bridgehead atoms. The number of thioether (sulfide) groups is 1. The van der Waals surface area contributed by atoms with Crippen LogP contribution >= 0.6 is 11.8 Å². The zero-order valence-corrected chi connectivity index (χ0v) is 29.6. The van der Waals surface area contributed by atoms with Crippen LogP contribution in [0.15, 0.2) is 0 Å². The van der Waals surface area contributed by atoms with Crippen LogP contribution in [0.25, 0.3) is 0 Å². The minimum absolute atomic E-state index is 0.0423. The van der Waals surface area contributed by atoms with Gasteiger partial charge in [-0.1, -0.05) is 53.9 Å². The van der Waals surface area contributed by atoms with E-state index in [9.17, 15) is 28.8 Å². The van der Waals surface area contributed by atoms with E-state index in [0.29, 0.717) is 13.0 Å². The first-order valence-corrected chi connectivity index (χ1v) is 17.6. The van der Waals surface area contributed by atoms with E-state index < -0.39 is 64.1 Å². The summed E-state index contributed by atoms with van der Waals surface area (Å²) in [5.41, 5.74) is 3.87. The number of ether oxygens (including phenoxy) is 1. The summed E-state index contributed by atoms with van der Waals surface area (Å²) in [4.78, 5) is 80.9. The molecule has 5 amide bonds. The number of primary amides is 1. The lowest BCUT2D eigenvalue weighted by molar-refractivity contribution is -0.160. The molecule has 0 aromatic heterocycles. The van der Waals surface area contributed by atoms with Crippen LogP contribution in [0.4, 0.5) is 4.79 Å². The van der Waals surface area contributed by atoms with Crippen LogP contribution in [0.1, 0.15) is 107 Å². The summed E-state index contributed by atoms with van der Waals surface area (Å²) >= 11 is 1.22. The molecule has 260 valence electrons. The van der Waals surface area contributed by atoms with Crippen molar-refractivity contribution in [2.24, 2.45) is 28.9 Å². The van der Waals surface area contributed by atoms with Gasteiger partial charge in [-0.15, -0.1) is 11.8 Å². The summed E-state index contributed by atoms with van der Waals surface area (Å²) in [5.74, 6) is -3.76. The third-order valence-electron chi connectivity index (χ3n) is 8.92. The number of likely N-dealkylation sites (tertiary alicyclic amines) is 1. The summed E-state index contributed by atoms with van der Waals surface area (Å²) in [6.07, 6.45) is 6.65. The molecule has 2 saturated carbocycles. The fourth-order valence-electron chi connectivity index (χ4n) is 6.33. The number of esters is 1. The molecule has 13 heteroatoms. The van der Waals surface area contributed by atoms with Crippen molar-refractivity contribution in [1.82, 2.24) is 20.9 Å². The SMILES string of the molecule is CC(C)C1CCN(C(=O)C(NC(=O)NC(C(=O)OC(C)(C)C)C(C)(C)C)C2CCCCC2)C1C(=O)NC(SC1CC1)C(=O)C(N)=O. The monoisotopic (exact) mass is 665 g/mol. The fourth-order valence-corrected chi connectivity index (χ4v) is 7.55. The van der Waals surface area contributed by atoms with Gasteiger partial charge in [0.15, 0.2) is 0 Å². The minimum Gasteiger partial charge on any atom is -0.458 e. The average Bonchev–Trinajstić information content (AvgIpc) is 3.65. The molecule has 1 saturated heterocycles. The molecule has 5 atom stereocenters. The molecule has 2 aliphatic carbocycles. The van der Waals surface area contributed by atoms with Crippen LogP contribution in [0.5, 0.6) is 0 Å². The zero-order chi connectivity index (χ0) is 34.6. The van der Waals surface area contributed by atoms with Gasteiger partial charge in [0, 0.05) is 11.8 Å². The highest BCUT2D eigenvalue weighted by Crippen LogP contribution is 2.38. The van der Waals surface area contributed by atoms with Crippen molar-refractivity contribution in [3.63, 3.8) is 0 Å². The van der Waals surface area contributed by atoms with E-state index >= 15 is 0 Å². The number of rotatable bonds is 12. The van der Waals surface area contributed by atoms with Crippen molar-refractivity contribution < 1.29 is 33.5 Å². The zero-order valence-electron chi connectivity index (χ0n) is 28.8. The number of hydrogen-bond donors (Lipinski definition) is 4. The smallest absolute Gasteiger partial charge is 0.329 e. The highest BCUT2D eigenvalue weighted by atomic mass is 32.2. The maximum atomic E-state index is 14.4. The quantitative estimate of drug-likeness (QED) is 0.139. The summed E-state index contributed by atoms with van der Waals surface area (Å²) < 4.78 is 5.59. The predicted molar refractivity (Wildman–Crippen MR) is 176 cm³/mol. The van der Waals surface area contributed by atoms with Crippen LogP contribution < -0.4 is 21.7 Å². The van der Waals surface area contributed by atoms with Crippen molar-refractivity contribution in [3.8, 4) is 0 Å². The van der Waals surface area contributed by atoms with Crippen molar-refractivity contribution >= 4 is 47.3 Å². The van der Waals surface area contributed by atoms with Gasteiger partial charge in [0.1, 0.15) is 29.1 Å². The molecule has 46 heavy (non-hydrogen) atoms. The largest absolute Gasteiger partial charge is 0.458 e. The number of carbonyl (C=O) groups is 6. The Morgan fingerprint density at radius 1 is 0.848 bits per heavy atom. The molecule has 0 aromatic carbocycles. The summed E-state index contributed by atoms with van der Waals surface area (Å²) in [6.45, 7) is 15.0. The van der Waals surface area contributed by atoms with E-state index in [4.69, 9.17) is 10.5 Å². The first-order valence-electron chi connectivity index (χ1n) is 16.7. The Morgan fingerprint density at radius 3 is 1.96 bits per heavy atom. The second-order valence-electron chi connectivity index (χ2n) is 15.5. The van der Waals surface area contributed by atoms with Crippen LogP contribution in [-0.2, 0) is 28.7 Å². The van der Waals surface area contributed by atoms with E-state index in [0.717, 1.165) is 44.9 Å². The number of hydrogen-bond acceptors (Lipinski definition) is 8. The number of carbonyl (C=O) groups excluding carboxylic acids is 6. The molecule has 3 fully saturated rings. The fraction of sp³-hybridized carbons (Fsp3) is 0.818. The highest BCUT2D eigenvalue weighted by Gasteiger charge is 2.48. The van der Waals surface area contributed by atoms with Crippen LogP contribution in [0.3, 0.4) is 0 Å². The molecule has 12 nitrogen and oxygen atoms in total. The van der Waals surface area contributed by atoms with Gasteiger partial charge in [-0.25, -0.2) is 9.59 Å². The minimum atomic E-state index is -1.12. The maximum absolute atomic E-state index is 14.4. The lowest BCUT2D eigenvalue weighted by Gasteiger charge is -2.37. The van der Waals surface area contributed by atoms with Crippen LogP contribution in [0, 0.1) is 23.2 Å². The molecule has 0 radical (unpaired) electrons. The van der Waals surface area contributed by atoms with Gasteiger partial charge in [0.05, 0.1) is 0 Å². The van der Waals surface area contributed by atoms with Gasteiger partial charge in [0.2, 0.25) is 11.8 Å². The molecule has 0 aromatic rings. The lowest BCUT2D eigenvalue weighted by atomic mass is 9.83. The van der Waals surface area contributed by atoms with E-state index in [2.05, 4.69) is 16.0 Å². The van der Waals surface area contributed by atoms with E-state index in [1.165, 1.54) is 16.7 Å². The van der Waals surface area contributed by atoms with Gasteiger partial charge in [-0.05, 0) is 76.0 Å². The number of nitrogens with one attached hydrogen (secondary N) is 3. The molecule has 5 unspecified atom stereocenters. The number of amides is 5. The molecule has 0 spiro atoms. The lowest BCUT2D eigenvalue weighted by Crippen LogP contribution is -2.61. The third-order valence-corrected chi connectivity index (χ3v) is 10.4. The molecule has 3 rings (SSSR count). The van der Waals surface area contributed by atoms with Crippen LogP contribution in [0.2, 0.25) is 0 Å².